The highest BCUT2D eigenvalue weighted by Crippen LogP contribution is 2.36. The van der Waals surface area contributed by atoms with Crippen molar-refractivity contribution in [1.29, 1.82) is 0 Å². The molecule has 0 atom stereocenters. The molecule has 0 unspecified atom stereocenters. The summed E-state index contributed by atoms with van der Waals surface area (Å²) >= 11 is 4.20. The Morgan fingerprint density at radius 3 is 2.67 bits per heavy atom. The van der Waals surface area contributed by atoms with Gasteiger partial charge in [-0.15, -0.1) is 32.9 Å². The van der Waals surface area contributed by atoms with Crippen LogP contribution in [-0.2, 0) is 9.53 Å². The molecule has 36 heavy (non-hydrogen) atoms. The van der Waals surface area contributed by atoms with Crippen molar-refractivity contribution in [2.45, 2.75) is 32.9 Å². The van der Waals surface area contributed by atoms with Crippen molar-refractivity contribution in [3.8, 4) is 11.1 Å². The fraction of sp³-hybridized carbons (Fsp3) is 0.240. The number of fused-ring (bicyclic) bond motifs is 3. The molecule has 184 valence electrons. The molecule has 1 aromatic carbocycles. The lowest BCUT2D eigenvalue weighted by Gasteiger charge is -2.07. The minimum atomic E-state index is -0.430. The summed E-state index contributed by atoms with van der Waals surface area (Å²) in [6, 6.07) is 8.35. The lowest BCUT2D eigenvalue weighted by Crippen LogP contribution is -2.16. The van der Waals surface area contributed by atoms with Crippen molar-refractivity contribution in [2.24, 2.45) is 0 Å². The third-order valence-electron chi connectivity index (χ3n) is 5.76. The van der Waals surface area contributed by atoms with Gasteiger partial charge in [0.05, 0.1) is 23.3 Å². The van der Waals surface area contributed by atoms with E-state index in [1.54, 1.807) is 24.6 Å². The third kappa shape index (κ3) is 4.49. The van der Waals surface area contributed by atoms with Crippen LogP contribution in [0.4, 0.5) is 5.00 Å². The average Bonchev–Trinajstić information content (AvgIpc) is 3.54. The topological polar surface area (TPSA) is 98.5 Å². The molecular weight excluding hydrogens is 515 g/mol. The van der Waals surface area contributed by atoms with Crippen LogP contribution in [0, 0.1) is 20.8 Å². The number of esters is 1. The fourth-order valence-electron chi connectivity index (χ4n) is 3.82. The Morgan fingerprint density at radius 2 is 1.92 bits per heavy atom. The standard InChI is InChI=1S/C25H23N5O3S3/c1-5-33-24(32)19-14(3)15(4)36-23(19)27-18(31)11-35-25-29-28-21-20-17(16-8-6-13(2)7-9-16)10-34-22(20)26-12-30(21)25/h6-10,12H,5,11H2,1-4H3,(H,27,31). The molecule has 8 nitrogen and oxygen atoms in total. The number of hydrogen-bond donors (Lipinski definition) is 1. The predicted octanol–water partition coefficient (Wildman–Crippen LogP) is 5.90. The summed E-state index contributed by atoms with van der Waals surface area (Å²) in [4.78, 5) is 31.6. The van der Waals surface area contributed by atoms with Gasteiger partial charge in [0.25, 0.3) is 0 Å². The zero-order valence-corrected chi connectivity index (χ0v) is 22.6. The van der Waals surface area contributed by atoms with Gasteiger partial charge in [0.15, 0.2) is 10.8 Å². The minimum Gasteiger partial charge on any atom is -0.462 e. The Balaban J connectivity index is 1.38. The quantitative estimate of drug-likeness (QED) is 0.204. The molecule has 4 aromatic heterocycles. The van der Waals surface area contributed by atoms with Crippen LogP contribution in [0.15, 0.2) is 41.1 Å². The number of rotatable bonds is 7. The van der Waals surface area contributed by atoms with Gasteiger partial charge in [0, 0.05) is 15.8 Å². The van der Waals surface area contributed by atoms with Gasteiger partial charge in [-0.2, -0.15) is 0 Å². The van der Waals surface area contributed by atoms with Crippen LogP contribution in [0.1, 0.15) is 33.3 Å². The number of aromatic nitrogens is 4. The number of hydrogen-bond acceptors (Lipinski definition) is 9. The van der Waals surface area contributed by atoms with Gasteiger partial charge in [0.1, 0.15) is 16.2 Å². The second kappa shape index (κ2) is 10.00. The van der Waals surface area contributed by atoms with Crippen LogP contribution in [0.5, 0.6) is 0 Å². The predicted molar refractivity (Wildman–Crippen MR) is 145 cm³/mol. The van der Waals surface area contributed by atoms with Crippen LogP contribution in [0.2, 0.25) is 0 Å². The Morgan fingerprint density at radius 1 is 1.14 bits per heavy atom. The zero-order valence-electron chi connectivity index (χ0n) is 20.1. The minimum absolute atomic E-state index is 0.103. The van der Waals surface area contributed by atoms with Crippen molar-refractivity contribution in [1.82, 2.24) is 19.6 Å². The summed E-state index contributed by atoms with van der Waals surface area (Å²) in [5, 5.41) is 15.7. The van der Waals surface area contributed by atoms with E-state index in [-0.39, 0.29) is 18.3 Å². The first-order valence-electron chi connectivity index (χ1n) is 11.2. The lowest BCUT2D eigenvalue weighted by atomic mass is 10.0. The molecule has 4 heterocycles. The molecule has 1 amide bonds. The maximum atomic E-state index is 12.8. The Bertz CT molecular complexity index is 1600. The molecule has 5 rings (SSSR count). The molecule has 0 aliphatic heterocycles. The van der Waals surface area contributed by atoms with Crippen LogP contribution >= 0.6 is 34.4 Å². The van der Waals surface area contributed by atoms with Gasteiger partial charge in [0.2, 0.25) is 5.91 Å². The van der Waals surface area contributed by atoms with Gasteiger partial charge in [-0.1, -0.05) is 41.6 Å². The molecule has 5 aromatic rings. The lowest BCUT2D eigenvalue weighted by molar-refractivity contribution is -0.113. The van der Waals surface area contributed by atoms with E-state index in [4.69, 9.17) is 4.74 Å². The van der Waals surface area contributed by atoms with E-state index in [2.05, 4.69) is 57.1 Å². The Kier molecular flexibility index (Phi) is 6.78. The van der Waals surface area contributed by atoms with E-state index in [0.717, 1.165) is 31.8 Å². The molecule has 0 saturated heterocycles. The van der Waals surface area contributed by atoms with Crippen molar-refractivity contribution in [3.05, 3.63) is 57.5 Å². The molecule has 0 aliphatic rings. The average molecular weight is 538 g/mol. The summed E-state index contributed by atoms with van der Waals surface area (Å²) in [5.74, 6) is -0.569. The van der Waals surface area contributed by atoms with Crippen LogP contribution < -0.4 is 5.32 Å². The summed E-state index contributed by atoms with van der Waals surface area (Å²) < 4.78 is 6.98. The normalized spacial score (nSPS) is 11.3. The van der Waals surface area contributed by atoms with Gasteiger partial charge in [-0.05, 0) is 38.8 Å². The highest BCUT2D eigenvalue weighted by atomic mass is 32.2. The third-order valence-corrected chi connectivity index (χ3v) is 8.72. The monoisotopic (exact) mass is 537 g/mol. The fourth-order valence-corrected chi connectivity index (χ4v) is 6.50. The summed E-state index contributed by atoms with van der Waals surface area (Å²) in [6.45, 7) is 7.86. The van der Waals surface area contributed by atoms with Crippen LogP contribution in [-0.4, -0.2) is 43.8 Å². The first-order chi connectivity index (χ1) is 17.4. The van der Waals surface area contributed by atoms with Crippen LogP contribution in [0.3, 0.4) is 0 Å². The SMILES string of the molecule is CCOC(=O)c1c(NC(=O)CSc2nnc3c4c(-c5ccc(C)cc5)csc4ncn23)sc(C)c1C. The molecule has 0 saturated carbocycles. The van der Waals surface area contributed by atoms with E-state index >= 15 is 0 Å². The summed E-state index contributed by atoms with van der Waals surface area (Å²) in [5.41, 5.74) is 5.29. The molecule has 0 spiro atoms. The highest BCUT2D eigenvalue weighted by Gasteiger charge is 2.23. The Labute approximate surface area is 219 Å². The highest BCUT2D eigenvalue weighted by molar-refractivity contribution is 7.99. The number of aryl methyl sites for hydroxylation is 2. The number of thioether (sulfide) groups is 1. The van der Waals surface area contributed by atoms with Gasteiger partial charge >= 0.3 is 5.97 Å². The first-order valence-corrected chi connectivity index (χ1v) is 13.9. The summed E-state index contributed by atoms with van der Waals surface area (Å²) in [7, 11) is 0. The van der Waals surface area contributed by atoms with E-state index < -0.39 is 5.97 Å². The van der Waals surface area contributed by atoms with Crippen molar-refractivity contribution in [3.63, 3.8) is 0 Å². The van der Waals surface area contributed by atoms with Crippen molar-refractivity contribution in [2.75, 3.05) is 17.7 Å². The second-order valence-electron chi connectivity index (χ2n) is 8.16. The molecule has 1 N–H and O–H groups in total. The van der Waals surface area contributed by atoms with Crippen molar-refractivity contribution >= 4 is 67.2 Å². The number of nitrogens with zero attached hydrogens (tertiary/aromatic N) is 4. The number of nitrogens with one attached hydrogen (secondary N) is 1. The summed E-state index contributed by atoms with van der Waals surface area (Å²) in [6.07, 6.45) is 1.69. The van der Waals surface area contributed by atoms with Gasteiger partial charge in [-0.25, -0.2) is 9.78 Å². The maximum absolute atomic E-state index is 12.8. The molecule has 0 aliphatic carbocycles. The largest absolute Gasteiger partial charge is 0.462 e. The number of carbonyl (C=O) groups excluding carboxylic acids is 2. The van der Waals surface area contributed by atoms with E-state index in [1.807, 2.05) is 18.2 Å². The number of ether oxygens (including phenoxy) is 1. The van der Waals surface area contributed by atoms with Gasteiger partial charge < -0.3 is 10.1 Å². The first kappa shape index (κ1) is 24.4. The zero-order chi connectivity index (χ0) is 25.4. The number of carbonyl (C=O) groups is 2. The van der Waals surface area contributed by atoms with E-state index in [0.29, 0.717) is 21.4 Å². The molecule has 11 heteroatoms. The van der Waals surface area contributed by atoms with Crippen LogP contribution in [0.25, 0.3) is 27.0 Å². The Hall–Kier alpha value is -3.28. The smallest absolute Gasteiger partial charge is 0.341 e. The number of anilines is 1. The molecule has 0 radical (unpaired) electrons. The molecule has 0 fully saturated rings. The number of benzene rings is 1. The van der Waals surface area contributed by atoms with Crippen molar-refractivity contribution < 1.29 is 14.3 Å². The van der Waals surface area contributed by atoms with Gasteiger partial charge in [-0.3, -0.25) is 9.20 Å². The van der Waals surface area contributed by atoms with E-state index in [9.17, 15) is 9.59 Å². The number of amides is 1. The molecular formula is C25H23N5O3S3. The molecule has 0 bridgehead atoms. The van der Waals surface area contributed by atoms with E-state index in [1.165, 1.54) is 28.7 Å². The maximum Gasteiger partial charge on any atom is 0.341 e. The second-order valence-corrected chi connectivity index (χ2v) is 11.2. The number of thiophene rings is 2.